The molecule has 0 fully saturated rings. The van der Waals surface area contributed by atoms with Crippen molar-refractivity contribution in [1.29, 1.82) is 0 Å². The van der Waals surface area contributed by atoms with Crippen LogP contribution in [-0.2, 0) is 0 Å². The van der Waals surface area contributed by atoms with Gasteiger partial charge in [-0.05, 0) is 18.6 Å². The molecule has 0 bridgehead atoms. The topological polar surface area (TPSA) is 69.6 Å². The minimum atomic E-state index is -1.10. The van der Waals surface area contributed by atoms with E-state index in [4.69, 9.17) is 5.11 Å². The van der Waals surface area contributed by atoms with Gasteiger partial charge in [0.1, 0.15) is 11.3 Å². The molecule has 0 spiro atoms. The van der Waals surface area contributed by atoms with E-state index in [9.17, 15) is 9.90 Å². The van der Waals surface area contributed by atoms with Crippen LogP contribution in [0.3, 0.4) is 0 Å². The van der Waals surface area contributed by atoms with Crippen LogP contribution in [0, 0.1) is 0 Å². The summed E-state index contributed by atoms with van der Waals surface area (Å²) in [5.41, 5.74) is 0.717. The molecular formula is C29H51NO3. The van der Waals surface area contributed by atoms with Gasteiger partial charge in [0, 0.05) is 18.3 Å². The Hall–Kier alpha value is -1.71. The van der Waals surface area contributed by atoms with Gasteiger partial charge in [-0.1, -0.05) is 129 Å². The molecule has 1 rings (SSSR count). The Balaban J connectivity index is 1.78. The zero-order chi connectivity index (χ0) is 24.0. The molecule has 0 amide bonds. The molecule has 0 aliphatic heterocycles. The molecule has 4 heteroatoms. The van der Waals surface area contributed by atoms with Crippen molar-refractivity contribution < 1.29 is 15.0 Å². The van der Waals surface area contributed by atoms with Crippen LogP contribution in [0.1, 0.15) is 146 Å². The molecule has 0 saturated heterocycles. The highest BCUT2D eigenvalue weighted by atomic mass is 16.4. The molecule has 0 unspecified atom stereocenters. The SMILES string of the molecule is CCCCCCCCCCCCCCCCCCCCCCNc1ccc(C(=O)O)c(O)c1. The Morgan fingerprint density at radius 1 is 0.667 bits per heavy atom. The fraction of sp³-hybridized carbons (Fsp3) is 0.759. The summed E-state index contributed by atoms with van der Waals surface area (Å²) in [5, 5.41) is 21.9. The number of hydrogen-bond acceptors (Lipinski definition) is 3. The van der Waals surface area contributed by atoms with Crippen molar-refractivity contribution in [2.24, 2.45) is 0 Å². The number of aromatic carboxylic acids is 1. The zero-order valence-corrected chi connectivity index (χ0v) is 21.4. The summed E-state index contributed by atoms with van der Waals surface area (Å²) in [7, 11) is 0. The lowest BCUT2D eigenvalue weighted by Crippen LogP contribution is -2.03. The second-order valence-electron chi connectivity index (χ2n) is 9.68. The number of aromatic hydroxyl groups is 1. The van der Waals surface area contributed by atoms with Gasteiger partial charge in [0.05, 0.1) is 0 Å². The van der Waals surface area contributed by atoms with Crippen LogP contribution >= 0.6 is 0 Å². The molecule has 1 aromatic carbocycles. The van der Waals surface area contributed by atoms with Gasteiger partial charge in [0.25, 0.3) is 0 Å². The van der Waals surface area contributed by atoms with Crippen LogP contribution in [0.5, 0.6) is 5.75 Å². The van der Waals surface area contributed by atoms with Gasteiger partial charge in [-0.15, -0.1) is 0 Å². The quantitative estimate of drug-likeness (QED) is 0.142. The number of unbranched alkanes of at least 4 members (excludes halogenated alkanes) is 19. The number of carboxylic acids is 1. The van der Waals surface area contributed by atoms with Gasteiger partial charge in [-0.25, -0.2) is 4.79 Å². The highest BCUT2D eigenvalue weighted by Crippen LogP contribution is 2.22. The van der Waals surface area contributed by atoms with E-state index in [2.05, 4.69) is 12.2 Å². The van der Waals surface area contributed by atoms with E-state index in [1.807, 2.05) is 0 Å². The molecule has 1 aromatic rings. The first-order chi connectivity index (χ1) is 16.1. The van der Waals surface area contributed by atoms with Crippen LogP contribution in [-0.4, -0.2) is 22.7 Å². The fourth-order valence-electron chi connectivity index (χ4n) is 4.44. The maximum Gasteiger partial charge on any atom is 0.339 e. The summed E-state index contributed by atoms with van der Waals surface area (Å²) in [5.74, 6) is -1.29. The molecule has 4 nitrogen and oxygen atoms in total. The molecule has 3 N–H and O–H groups in total. The number of hydrogen-bond donors (Lipinski definition) is 3. The maximum absolute atomic E-state index is 10.9. The van der Waals surface area contributed by atoms with Crippen LogP contribution in [0.25, 0.3) is 0 Å². The first kappa shape index (κ1) is 29.3. The van der Waals surface area contributed by atoms with Crippen LogP contribution in [0.2, 0.25) is 0 Å². The molecule has 0 aliphatic rings. The first-order valence-electron chi connectivity index (χ1n) is 14.0. The highest BCUT2D eigenvalue weighted by molar-refractivity contribution is 5.91. The van der Waals surface area contributed by atoms with Gasteiger partial charge in [0.2, 0.25) is 0 Å². The summed E-state index contributed by atoms with van der Waals surface area (Å²) in [4.78, 5) is 10.9. The third-order valence-electron chi connectivity index (χ3n) is 6.59. The average molecular weight is 462 g/mol. The minimum Gasteiger partial charge on any atom is -0.507 e. The number of benzene rings is 1. The minimum absolute atomic E-state index is 0.0562. The molecule has 0 aromatic heterocycles. The molecule has 0 radical (unpaired) electrons. The highest BCUT2D eigenvalue weighted by Gasteiger charge is 2.09. The normalized spacial score (nSPS) is 11.1. The second-order valence-corrected chi connectivity index (χ2v) is 9.68. The number of nitrogens with one attached hydrogen (secondary N) is 1. The van der Waals surface area contributed by atoms with Gasteiger partial charge in [-0.3, -0.25) is 0 Å². The zero-order valence-electron chi connectivity index (χ0n) is 21.4. The van der Waals surface area contributed by atoms with Crippen LogP contribution in [0.4, 0.5) is 5.69 Å². The molecular weight excluding hydrogens is 410 g/mol. The fourth-order valence-corrected chi connectivity index (χ4v) is 4.44. The summed E-state index contributed by atoms with van der Waals surface area (Å²) in [6.07, 6.45) is 27.7. The lowest BCUT2D eigenvalue weighted by molar-refractivity contribution is 0.0694. The van der Waals surface area contributed by atoms with Crippen molar-refractivity contribution in [1.82, 2.24) is 0 Å². The van der Waals surface area contributed by atoms with Crippen LogP contribution < -0.4 is 5.32 Å². The first-order valence-corrected chi connectivity index (χ1v) is 14.0. The van der Waals surface area contributed by atoms with Gasteiger partial charge in [-0.2, -0.15) is 0 Å². The Labute approximate surface area is 203 Å². The monoisotopic (exact) mass is 461 g/mol. The van der Waals surface area contributed by atoms with E-state index in [-0.39, 0.29) is 11.3 Å². The van der Waals surface area contributed by atoms with E-state index in [0.717, 1.165) is 18.7 Å². The molecule has 0 aliphatic carbocycles. The van der Waals surface area contributed by atoms with Crippen molar-refractivity contribution in [2.75, 3.05) is 11.9 Å². The summed E-state index contributed by atoms with van der Waals surface area (Å²) in [6, 6.07) is 4.64. The smallest absolute Gasteiger partial charge is 0.339 e. The van der Waals surface area contributed by atoms with Crippen molar-refractivity contribution in [2.45, 2.75) is 135 Å². The van der Waals surface area contributed by atoms with E-state index in [1.54, 1.807) is 6.07 Å². The van der Waals surface area contributed by atoms with E-state index >= 15 is 0 Å². The summed E-state index contributed by atoms with van der Waals surface area (Å²) in [6.45, 7) is 3.14. The van der Waals surface area contributed by atoms with Gasteiger partial charge < -0.3 is 15.5 Å². The van der Waals surface area contributed by atoms with E-state index in [0.29, 0.717) is 0 Å². The van der Waals surface area contributed by atoms with Crippen LogP contribution in [0.15, 0.2) is 18.2 Å². The van der Waals surface area contributed by atoms with Crippen molar-refractivity contribution in [3.8, 4) is 5.75 Å². The Bertz CT molecular complexity index is 603. The van der Waals surface area contributed by atoms with Crippen molar-refractivity contribution in [3.05, 3.63) is 23.8 Å². The van der Waals surface area contributed by atoms with Gasteiger partial charge in [0.15, 0.2) is 0 Å². The molecule has 33 heavy (non-hydrogen) atoms. The third-order valence-corrected chi connectivity index (χ3v) is 6.59. The number of anilines is 1. The molecule has 190 valence electrons. The molecule has 0 heterocycles. The number of carboxylic acid groups (broad SMARTS) is 1. The standard InChI is InChI=1S/C29H51NO3/c1-2-3-4-5-6-7-8-9-10-11-12-13-14-15-16-17-18-19-20-21-24-30-26-22-23-27(29(32)33)28(31)25-26/h22-23,25,30-31H,2-21,24H2,1H3,(H,32,33). The lowest BCUT2D eigenvalue weighted by Gasteiger charge is -2.08. The Morgan fingerprint density at radius 2 is 1.06 bits per heavy atom. The number of phenols is 1. The Kier molecular flexibility index (Phi) is 18.5. The predicted molar refractivity (Wildman–Crippen MR) is 142 cm³/mol. The maximum atomic E-state index is 10.9. The van der Waals surface area contributed by atoms with Gasteiger partial charge >= 0.3 is 5.97 Å². The number of rotatable bonds is 23. The largest absolute Gasteiger partial charge is 0.507 e. The average Bonchev–Trinajstić information content (AvgIpc) is 2.80. The number of carbonyl (C=O) groups is 1. The van der Waals surface area contributed by atoms with Crippen molar-refractivity contribution in [3.63, 3.8) is 0 Å². The molecule has 0 saturated carbocycles. The van der Waals surface area contributed by atoms with E-state index in [1.165, 1.54) is 134 Å². The Morgan fingerprint density at radius 3 is 1.42 bits per heavy atom. The predicted octanol–water partition coefficient (Wildman–Crippen LogP) is 9.32. The molecule has 0 atom stereocenters. The van der Waals surface area contributed by atoms with Crippen molar-refractivity contribution >= 4 is 11.7 Å². The second kappa shape index (κ2) is 20.9. The van der Waals surface area contributed by atoms with E-state index < -0.39 is 5.97 Å². The summed E-state index contributed by atoms with van der Waals surface area (Å²) >= 11 is 0. The third kappa shape index (κ3) is 16.5. The summed E-state index contributed by atoms with van der Waals surface area (Å²) < 4.78 is 0. The lowest BCUT2D eigenvalue weighted by atomic mass is 10.0.